The van der Waals surface area contributed by atoms with Crippen molar-refractivity contribution in [3.8, 4) is 40.2 Å². The van der Waals surface area contributed by atoms with Crippen LogP contribution in [0.4, 0.5) is 0 Å². The molecule has 0 aliphatic carbocycles. The summed E-state index contributed by atoms with van der Waals surface area (Å²) in [5.74, 6) is -3.40. The molecule has 0 amide bonds. The van der Waals surface area contributed by atoms with Gasteiger partial charge in [0.1, 0.15) is 35.4 Å². The van der Waals surface area contributed by atoms with Crippen LogP contribution in [0.1, 0.15) is 50.8 Å². The Labute approximate surface area is 289 Å². The Hall–Kier alpha value is -7.14. The van der Waals surface area contributed by atoms with Gasteiger partial charge in [0.2, 0.25) is 0 Å². The molecule has 4 aromatic carbocycles. The van der Waals surface area contributed by atoms with Crippen molar-refractivity contribution >= 4 is 24.3 Å². The maximum absolute atomic E-state index is 13.6. The summed E-state index contributed by atoms with van der Waals surface area (Å²) in [7, 11) is 0. The number of aromatic hydroxyl groups is 6. The minimum Gasteiger partial charge on any atom is -0.507 e. The Morgan fingerprint density at radius 3 is 1.47 bits per heavy atom. The maximum Gasteiger partial charge on any atom is 0.344 e. The van der Waals surface area contributed by atoms with Crippen LogP contribution in [0, 0.1) is 0 Å². The van der Waals surface area contributed by atoms with E-state index in [4.69, 9.17) is 13.6 Å². The molecule has 11 heteroatoms. The smallest absolute Gasteiger partial charge is 0.344 e. The Balaban J connectivity index is 1.38. The minimum absolute atomic E-state index is 0.0609. The zero-order chi connectivity index (χ0) is 36.1. The molecule has 0 fully saturated rings. The lowest BCUT2D eigenvalue weighted by atomic mass is 9.85. The van der Waals surface area contributed by atoms with Crippen molar-refractivity contribution in [2.75, 3.05) is 0 Å². The van der Waals surface area contributed by atoms with Crippen LogP contribution in [-0.2, 0) is 6.61 Å². The summed E-state index contributed by atoms with van der Waals surface area (Å²) >= 11 is 0. The average molecular weight is 687 g/mol. The first kappa shape index (κ1) is 33.7. The summed E-state index contributed by atoms with van der Waals surface area (Å²) in [6.45, 7) is 0.288. The third kappa shape index (κ3) is 7.79. The molecule has 256 valence electrons. The molecule has 0 radical (unpaired) electrons. The summed E-state index contributed by atoms with van der Waals surface area (Å²) in [5, 5.41) is 61.2. The fourth-order valence-electron chi connectivity index (χ4n) is 5.33. The third-order valence-corrected chi connectivity index (χ3v) is 7.89. The van der Waals surface area contributed by atoms with Crippen molar-refractivity contribution in [1.29, 1.82) is 0 Å². The van der Waals surface area contributed by atoms with E-state index in [0.29, 0.717) is 22.4 Å². The SMILES string of the molecule is O=c1oc(C=Cc2ccc(O)c(O)c2)cc(O)c1C(c1ccc(OCc2ccccc2)cc1)c1c(O)cc(C=Cc2ccc(O)c(O)c2)oc1=O. The molecule has 2 aromatic heterocycles. The highest BCUT2D eigenvalue weighted by molar-refractivity contribution is 5.71. The van der Waals surface area contributed by atoms with E-state index in [9.17, 15) is 40.2 Å². The van der Waals surface area contributed by atoms with Crippen LogP contribution in [0.15, 0.2) is 122 Å². The molecule has 0 spiro atoms. The van der Waals surface area contributed by atoms with Crippen LogP contribution >= 0.6 is 0 Å². The van der Waals surface area contributed by atoms with E-state index in [2.05, 4.69) is 0 Å². The van der Waals surface area contributed by atoms with Crippen LogP contribution in [-0.4, -0.2) is 30.6 Å². The molecule has 0 saturated carbocycles. The highest BCUT2D eigenvalue weighted by Crippen LogP contribution is 2.39. The average Bonchev–Trinajstić information content (AvgIpc) is 3.11. The summed E-state index contributed by atoms with van der Waals surface area (Å²) in [6.07, 6.45) is 5.69. The van der Waals surface area contributed by atoms with Crippen LogP contribution in [0.3, 0.4) is 0 Å². The van der Waals surface area contributed by atoms with Gasteiger partial charge in [0.25, 0.3) is 0 Å². The van der Waals surface area contributed by atoms with Crippen molar-refractivity contribution in [3.63, 3.8) is 0 Å². The topological polar surface area (TPSA) is 191 Å². The lowest BCUT2D eigenvalue weighted by molar-refractivity contribution is 0.306. The molecular formula is C40H30O11. The standard InChI is InChI=1S/C40H30O11/c41-30-16-8-23(18-32(30)43)6-12-28-20-34(45)37(39(47)50-28)36(26-10-14-27(15-11-26)49-22-25-4-2-1-3-5-25)38-35(46)21-29(51-40(38)48)13-7-24-9-17-31(42)33(44)19-24/h1-21,36,41-46H,22H2. The summed E-state index contributed by atoms with van der Waals surface area (Å²) in [6, 6.07) is 26.4. The van der Waals surface area contributed by atoms with Gasteiger partial charge in [-0.05, 0) is 70.8 Å². The molecule has 0 saturated heterocycles. The van der Waals surface area contributed by atoms with Gasteiger partial charge in [-0.2, -0.15) is 0 Å². The Morgan fingerprint density at radius 2 is 1.02 bits per heavy atom. The predicted molar refractivity (Wildman–Crippen MR) is 189 cm³/mol. The number of phenols is 4. The van der Waals surface area contributed by atoms with E-state index in [1.165, 1.54) is 72.8 Å². The molecular weight excluding hydrogens is 656 g/mol. The number of rotatable bonds is 10. The number of hydrogen-bond acceptors (Lipinski definition) is 11. The molecule has 6 aromatic rings. The monoisotopic (exact) mass is 686 g/mol. The van der Waals surface area contributed by atoms with Gasteiger partial charge in [0.15, 0.2) is 23.0 Å². The molecule has 6 rings (SSSR count). The van der Waals surface area contributed by atoms with Crippen LogP contribution in [0.5, 0.6) is 40.2 Å². The molecule has 51 heavy (non-hydrogen) atoms. The molecule has 6 N–H and O–H groups in total. The predicted octanol–water partition coefficient (Wildman–Crippen LogP) is 6.93. The van der Waals surface area contributed by atoms with E-state index >= 15 is 0 Å². The van der Waals surface area contributed by atoms with E-state index in [1.807, 2.05) is 30.3 Å². The van der Waals surface area contributed by atoms with Gasteiger partial charge in [0.05, 0.1) is 17.0 Å². The van der Waals surface area contributed by atoms with Gasteiger partial charge in [-0.15, -0.1) is 0 Å². The normalized spacial score (nSPS) is 12.0. The third-order valence-electron chi connectivity index (χ3n) is 7.89. The van der Waals surface area contributed by atoms with Gasteiger partial charge < -0.3 is 44.2 Å². The number of benzene rings is 4. The summed E-state index contributed by atoms with van der Waals surface area (Å²) in [4.78, 5) is 27.1. The van der Waals surface area contributed by atoms with E-state index in [0.717, 1.165) is 5.56 Å². The molecule has 0 bridgehead atoms. The first-order valence-electron chi connectivity index (χ1n) is 15.5. The molecule has 11 nitrogen and oxygen atoms in total. The first-order chi connectivity index (χ1) is 24.5. The molecule has 0 aliphatic heterocycles. The van der Waals surface area contributed by atoms with Crippen LogP contribution in [0.25, 0.3) is 24.3 Å². The van der Waals surface area contributed by atoms with Crippen molar-refractivity contribution in [1.82, 2.24) is 0 Å². The maximum atomic E-state index is 13.6. The molecule has 2 heterocycles. The molecule has 0 atom stereocenters. The highest BCUT2D eigenvalue weighted by Gasteiger charge is 2.31. The zero-order valence-electron chi connectivity index (χ0n) is 26.6. The van der Waals surface area contributed by atoms with Crippen molar-refractivity contribution in [2.24, 2.45) is 0 Å². The Kier molecular flexibility index (Phi) is 9.62. The molecule has 0 aliphatic rings. The fraction of sp³-hybridized carbons (Fsp3) is 0.0500. The van der Waals surface area contributed by atoms with Gasteiger partial charge in [-0.1, -0.05) is 66.7 Å². The van der Waals surface area contributed by atoms with E-state index in [1.54, 1.807) is 24.3 Å². The van der Waals surface area contributed by atoms with E-state index in [-0.39, 0.29) is 52.3 Å². The number of phenolic OH excluding ortho intramolecular Hbond substituents is 4. The van der Waals surface area contributed by atoms with Crippen molar-refractivity contribution < 1.29 is 44.2 Å². The zero-order valence-corrected chi connectivity index (χ0v) is 26.6. The second-order valence-corrected chi connectivity index (χ2v) is 11.4. The lowest BCUT2D eigenvalue weighted by Gasteiger charge is -2.19. The van der Waals surface area contributed by atoms with Crippen LogP contribution in [0.2, 0.25) is 0 Å². The summed E-state index contributed by atoms with van der Waals surface area (Å²) in [5.41, 5.74) is -0.531. The fourth-order valence-corrected chi connectivity index (χ4v) is 5.33. The quantitative estimate of drug-likeness (QED) is 0.0820. The van der Waals surface area contributed by atoms with Crippen molar-refractivity contribution in [2.45, 2.75) is 12.5 Å². The minimum atomic E-state index is -1.36. The Morgan fingerprint density at radius 1 is 0.529 bits per heavy atom. The number of ether oxygens (including phenoxy) is 1. The summed E-state index contributed by atoms with van der Waals surface area (Å²) < 4.78 is 16.9. The largest absolute Gasteiger partial charge is 0.507 e. The van der Waals surface area contributed by atoms with Gasteiger partial charge >= 0.3 is 11.3 Å². The van der Waals surface area contributed by atoms with Gasteiger partial charge in [-0.3, -0.25) is 0 Å². The highest BCUT2D eigenvalue weighted by atomic mass is 16.5. The van der Waals surface area contributed by atoms with Crippen LogP contribution < -0.4 is 16.0 Å². The Bertz CT molecular complexity index is 2250. The second kappa shape index (κ2) is 14.5. The molecule has 0 unspecified atom stereocenters. The lowest BCUT2D eigenvalue weighted by Crippen LogP contribution is -2.21. The van der Waals surface area contributed by atoms with Crippen molar-refractivity contribution in [3.05, 3.63) is 169 Å². The van der Waals surface area contributed by atoms with E-state index < -0.39 is 28.7 Å². The van der Waals surface area contributed by atoms with Gasteiger partial charge in [-0.25, -0.2) is 9.59 Å². The van der Waals surface area contributed by atoms with Gasteiger partial charge in [0, 0.05) is 12.1 Å². The second-order valence-electron chi connectivity index (χ2n) is 11.4. The number of hydrogen-bond donors (Lipinski definition) is 6. The first-order valence-corrected chi connectivity index (χ1v) is 15.5.